The zero-order valence-electron chi connectivity index (χ0n) is 10.5. The second kappa shape index (κ2) is 5.64. The molecule has 0 amide bonds. The molecule has 2 rings (SSSR count). The molecule has 90 valence electrons. The van der Waals surface area contributed by atoms with E-state index in [4.69, 9.17) is 0 Å². The fourth-order valence-corrected chi connectivity index (χ4v) is 2.01. The summed E-state index contributed by atoms with van der Waals surface area (Å²) in [7, 11) is 1.97. The Morgan fingerprint density at radius 1 is 1.29 bits per heavy atom. The molecule has 1 N–H and O–H groups in total. The lowest BCUT2D eigenvalue weighted by molar-refractivity contribution is 0.609. The number of nitrogens with one attached hydrogen (secondary N) is 1. The van der Waals surface area contributed by atoms with Crippen molar-refractivity contribution < 1.29 is 0 Å². The van der Waals surface area contributed by atoms with Gasteiger partial charge in [0.2, 0.25) is 0 Å². The molecule has 0 unspecified atom stereocenters. The second-order valence-corrected chi connectivity index (χ2v) is 4.17. The first-order chi connectivity index (χ1) is 8.35. The molecule has 0 saturated heterocycles. The Morgan fingerprint density at radius 2 is 2.18 bits per heavy atom. The monoisotopic (exact) mass is 229 g/mol. The predicted molar refractivity (Wildman–Crippen MR) is 70.7 cm³/mol. The largest absolute Gasteiger partial charge is 0.316 e. The van der Waals surface area contributed by atoms with Gasteiger partial charge in [-0.05, 0) is 31.2 Å². The minimum atomic E-state index is 0.899. The van der Waals surface area contributed by atoms with Crippen LogP contribution < -0.4 is 5.32 Å². The summed E-state index contributed by atoms with van der Waals surface area (Å²) in [6.07, 6.45) is 2.97. The zero-order valence-corrected chi connectivity index (χ0v) is 10.5. The fraction of sp³-hybridized carbons (Fsp3) is 0.357. The van der Waals surface area contributed by atoms with Crippen LogP contribution in [0, 0.1) is 0 Å². The first kappa shape index (κ1) is 11.9. The number of nitrogens with zero attached hydrogens (tertiary/aromatic N) is 2. The number of aromatic nitrogens is 2. The average Bonchev–Trinajstić information content (AvgIpc) is 2.79. The SMILES string of the molecule is CCCn1nccc1-c1cccc(CNC)c1. The van der Waals surface area contributed by atoms with Gasteiger partial charge in [-0.2, -0.15) is 5.10 Å². The quantitative estimate of drug-likeness (QED) is 0.854. The maximum Gasteiger partial charge on any atom is 0.0682 e. The fourth-order valence-electron chi connectivity index (χ4n) is 2.01. The normalized spacial score (nSPS) is 10.7. The minimum Gasteiger partial charge on any atom is -0.316 e. The lowest BCUT2D eigenvalue weighted by Gasteiger charge is -2.08. The highest BCUT2D eigenvalue weighted by Gasteiger charge is 2.05. The first-order valence-electron chi connectivity index (χ1n) is 6.11. The molecule has 0 atom stereocenters. The topological polar surface area (TPSA) is 29.9 Å². The molecule has 3 heteroatoms. The lowest BCUT2D eigenvalue weighted by Crippen LogP contribution is -2.05. The molecular formula is C14H19N3. The van der Waals surface area contributed by atoms with E-state index in [0.717, 1.165) is 19.5 Å². The Hall–Kier alpha value is -1.61. The van der Waals surface area contributed by atoms with Crippen LogP contribution in [0.25, 0.3) is 11.3 Å². The summed E-state index contributed by atoms with van der Waals surface area (Å²) in [4.78, 5) is 0. The highest BCUT2D eigenvalue weighted by atomic mass is 15.3. The summed E-state index contributed by atoms with van der Waals surface area (Å²) in [5.41, 5.74) is 3.74. The molecule has 1 aromatic heterocycles. The first-order valence-corrected chi connectivity index (χ1v) is 6.11. The third-order valence-corrected chi connectivity index (χ3v) is 2.76. The highest BCUT2D eigenvalue weighted by molar-refractivity contribution is 5.60. The molecular weight excluding hydrogens is 210 g/mol. The molecule has 2 aromatic rings. The van der Waals surface area contributed by atoms with Crippen LogP contribution >= 0.6 is 0 Å². The smallest absolute Gasteiger partial charge is 0.0682 e. The van der Waals surface area contributed by atoms with Crippen molar-refractivity contribution in [2.45, 2.75) is 26.4 Å². The summed E-state index contributed by atoms with van der Waals surface area (Å²) in [5, 5.41) is 7.53. The van der Waals surface area contributed by atoms with E-state index < -0.39 is 0 Å². The molecule has 0 saturated carbocycles. The number of hydrogen-bond acceptors (Lipinski definition) is 2. The Labute approximate surface area is 102 Å². The van der Waals surface area contributed by atoms with Crippen molar-refractivity contribution in [2.24, 2.45) is 0 Å². The molecule has 0 aliphatic carbocycles. The van der Waals surface area contributed by atoms with Crippen LogP contribution in [-0.2, 0) is 13.1 Å². The van der Waals surface area contributed by atoms with Crippen LogP contribution in [0.3, 0.4) is 0 Å². The third-order valence-electron chi connectivity index (χ3n) is 2.76. The Kier molecular flexibility index (Phi) is 3.94. The average molecular weight is 229 g/mol. The molecule has 0 aliphatic heterocycles. The van der Waals surface area contributed by atoms with Gasteiger partial charge in [-0.3, -0.25) is 4.68 Å². The maximum atomic E-state index is 4.36. The standard InChI is InChI=1S/C14H19N3/c1-3-9-17-14(7-8-16-17)13-6-4-5-12(10-13)11-15-2/h4-8,10,15H,3,9,11H2,1-2H3. The second-order valence-electron chi connectivity index (χ2n) is 4.17. The van der Waals surface area contributed by atoms with E-state index in [1.165, 1.54) is 16.8 Å². The Bertz CT molecular complexity index is 474. The summed E-state index contributed by atoms with van der Waals surface area (Å²) in [6.45, 7) is 4.04. The lowest BCUT2D eigenvalue weighted by atomic mass is 10.1. The maximum absolute atomic E-state index is 4.36. The summed E-state index contributed by atoms with van der Waals surface area (Å²) >= 11 is 0. The van der Waals surface area contributed by atoms with E-state index in [-0.39, 0.29) is 0 Å². The van der Waals surface area contributed by atoms with Crippen LogP contribution in [-0.4, -0.2) is 16.8 Å². The number of aryl methyl sites for hydroxylation is 1. The molecule has 17 heavy (non-hydrogen) atoms. The molecule has 0 fully saturated rings. The van der Waals surface area contributed by atoms with Crippen molar-refractivity contribution in [1.29, 1.82) is 0 Å². The Balaban J connectivity index is 2.31. The van der Waals surface area contributed by atoms with Gasteiger partial charge in [0.05, 0.1) is 5.69 Å². The van der Waals surface area contributed by atoms with E-state index in [9.17, 15) is 0 Å². The van der Waals surface area contributed by atoms with Crippen molar-refractivity contribution in [3.8, 4) is 11.3 Å². The van der Waals surface area contributed by atoms with Crippen LogP contribution in [0.1, 0.15) is 18.9 Å². The summed E-state index contributed by atoms with van der Waals surface area (Å²) in [6, 6.07) is 10.7. The number of hydrogen-bond donors (Lipinski definition) is 1. The third kappa shape index (κ3) is 2.74. The van der Waals surface area contributed by atoms with Gasteiger partial charge in [0, 0.05) is 24.8 Å². The van der Waals surface area contributed by atoms with E-state index in [1.807, 2.05) is 13.2 Å². The predicted octanol–water partition coefficient (Wildman–Crippen LogP) is 2.68. The van der Waals surface area contributed by atoms with E-state index in [0.29, 0.717) is 0 Å². The van der Waals surface area contributed by atoms with E-state index >= 15 is 0 Å². The minimum absolute atomic E-state index is 0.899. The van der Waals surface area contributed by atoms with Crippen molar-refractivity contribution in [1.82, 2.24) is 15.1 Å². The van der Waals surface area contributed by atoms with Crippen molar-refractivity contribution in [3.63, 3.8) is 0 Å². The van der Waals surface area contributed by atoms with Gasteiger partial charge in [-0.25, -0.2) is 0 Å². The van der Waals surface area contributed by atoms with Crippen LogP contribution in [0.15, 0.2) is 36.5 Å². The van der Waals surface area contributed by atoms with Crippen molar-refractivity contribution in [3.05, 3.63) is 42.1 Å². The molecule has 1 heterocycles. The van der Waals surface area contributed by atoms with Crippen LogP contribution in [0.4, 0.5) is 0 Å². The zero-order chi connectivity index (χ0) is 12.1. The summed E-state index contributed by atoms with van der Waals surface area (Å²) < 4.78 is 2.07. The highest BCUT2D eigenvalue weighted by Crippen LogP contribution is 2.20. The number of benzene rings is 1. The van der Waals surface area contributed by atoms with Gasteiger partial charge in [0.25, 0.3) is 0 Å². The molecule has 0 radical (unpaired) electrons. The number of rotatable bonds is 5. The van der Waals surface area contributed by atoms with Crippen LogP contribution in [0.2, 0.25) is 0 Å². The van der Waals surface area contributed by atoms with Gasteiger partial charge in [0.15, 0.2) is 0 Å². The molecule has 1 aromatic carbocycles. The van der Waals surface area contributed by atoms with Crippen LogP contribution in [0.5, 0.6) is 0 Å². The molecule has 0 aliphatic rings. The van der Waals surface area contributed by atoms with Gasteiger partial charge in [-0.1, -0.05) is 25.1 Å². The molecule has 0 spiro atoms. The van der Waals surface area contributed by atoms with Gasteiger partial charge < -0.3 is 5.32 Å². The van der Waals surface area contributed by atoms with Gasteiger partial charge in [0.1, 0.15) is 0 Å². The van der Waals surface area contributed by atoms with E-state index in [2.05, 4.69) is 52.4 Å². The van der Waals surface area contributed by atoms with Crippen molar-refractivity contribution in [2.75, 3.05) is 7.05 Å². The van der Waals surface area contributed by atoms with Gasteiger partial charge in [-0.15, -0.1) is 0 Å². The molecule has 0 bridgehead atoms. The van der Waals surface area contributed by atoms with E-state index in [1.54, 1.807) is 0 Å². The Morgan fingerprint density at radius 3 is 2.94 bits per heavy atom. The van der Waals surface area contributed by atoms with Crippen molar-refractivity contribution >= 4 is 0 Å². The summed E-state index contributed by atoms with van der Waals surface area (Å²) in [5.74, 6) is 0. The molecule has 3 nitrogen and oxygen atoms in total. The van der Waals surface area contributed by atoms with Gasteiger partial charge >= 0.3 is 0 Å².